The Bertz CT molecular complexity index is 1150. The lowest BCUT2D eigenvalue weighted by molar-refractivity contribution is -0.132. The van der Waals surface area contributed by atoms with Crippen molar-refractivity contribution in [2.75, 3.05) is 31.1 Å². The molecule has 0 atom stereocenters. The van der Waals surface area contributed by atoms with Gasteiger partial charge in [0, 0.05) is 36.8 Å². The molecule has 1 aliphatic rings. The van der Waals surface area contributed by atoms with Crippen LogP contribution in [0.1, 0.15) is 0 Å². The summed E-state index contributed by atoms with van der Waals surface area (Å²) in [6, 6.07) is 15.3. The van der Waals surface area contributed by atoms with Gasteiger partial charge in [0.15, 0.2) is 5.13 Å². The zero-order valence-electron chi connectivity index (χ0n) is 16.0. The zero-order valence-corrected chi connectivity index (χ0v) is 17.6. The highest BCUT2D eigenvalue weighted by Gasteiger charge is 2.24. The third kappa shape index (κ3) is 3.86. The number of tetrazole rings is 1. The highest BCUT2D eigenvalue weighted by Crippen LogP contribution is 2.29. The first-order valence-electron chi connectivity index (χ1n) is 9.58. The van der Waals surface area contributed by atoms with E-state index in [1.165, 1.54) is 9.50 Å². The number of fused-ring (bicyclic) bond motifs is 1. The Hall–Kier alpha value is -3.04. The van der Waals surface area contributed by atoms with E-state index in [2.05, 4.69) is 26.4 Å². The van der Waals surface area contributed by atoms with Crippen molar-refractivity contribution in [2.24, 2.45) is 0 Å². The lowest BCUT2D eigenvalue weighted by Crippen LogP contribution is -2.49. The van der Waals surface area contributed by atoms with Crippen molar-refractivity contribution in [2.45, 2.75) is 6.54 Å². The van der Waals surface area contributed by atoms with Crippen LogP contribution in [0, 0.1) is 0 Å². The van der Waals surface area contributed by atoms with Crippen LogP contribution in [0.25, 0.3) is 21.6 Å². The van der Waals surface area contributed by atoms with E-state index in [-0.39, 0.29) is 12.5 Å². The van der Waals surface area contributed by atoms with Gasteiger partial charge in [-0.05, 0) is 41.6 Å². The molecule has 2 aromatic carbocycles. The molecule has 152 valence electrons. The molecule has 0 bridgehead atoms. The fraction of sp³-hybridized carbons (Fsp3) is 0.250. The van der Waals surface area contributed by atoms with Gasteiger partial charge in [0.25, 0.3) is 0 Å². The smallest absolute Gasteiger partial charge is 0.246 e. The molecule has 2 aromatic heterocycles. The van der Waals surface area contributed by atoms with Crippen molar-refractivity contribution in [3.8, 4) is 11.4 Å². The summed E-state index contributed by atoms with van der Waals surface area (Å²) in [5, 5.41) is 14.0. The van der Waals surface area contributed by atoms with Gasteiger partial charge in [-0.2, -0.15) is 4.80 Å². The topological polar surface area (TPSA) is 80.0 Å². The van der Waals surface area contributed by atoms with E-state index < -0.39 is 0 Å². The molecule has 1 aliphatic heterocycles. The number of anilines is 1. The van der Waals surface area contributed by atoms with E-state index >= 15 is 0 Å². The largest absolute Gasteiger partial charge is 0.345 e. The van der Waals surface area contributed by atoms with Gasteiger partial charge in [0.05, 0.1) is 10.2 Å². The van der Waals surface area contributed by atoms with E-state index in [1.807, 2.05) is 35.2 Å². The molecular weight excluding hydrogens is 422 g/mol. The van der Waals surface area contributed by atoms with Crippen LogP contribution >= 0.6 is 22.9 Å². The number of halogens is 1. The maximum absolute atomic E-state index is 12.7. The van der Waals surface area contributed by atoms with E-state index in [4.69, 9.17) is 16.6 Å². The van der Waals surface area contributed by atoms with Crippen LogP contribution in [0.5, 0.6) is 0 Å². The van der Waals surface area contributed by atoms with E-state index in [0.29, 0.717) is 23.9 Å². The molecular formula is C20H18ClN7OS. The second-order valence-corrected chi connectivity index (χ2v) is 8.43. The molecule has 8 nitrogen and oxygen atoms in total. The van der Waals surface area contributed by atoms with E-state index in [0.717, 1.165) is 29.3 Å². The van der Waals surface area contributed by atoms with Crippen LogP contribution in [0.4, 0.5) is 5.13 Å². The van der Waals surface area contributed by atoms with Crippen molar-refractivity contribution in [1.82, 2.24) is 30.1 Å². The van der Waals surface area contributed by atoms with E-state index in [9.17, 15) is 4.79 Å². The highest BCUT2D eigenvalue weighted by atomic mass is 35.5. The number of carbonyl (C=O) groups excluding carboxylic acids is 1. The quantitative estimate of drug-likeness (QED) is 0.486. The number of carbonyl (C=O) groups is 1. The highest BCUT2D eigenvalue weighted by molar-refractivity contribution is 7.22. The van der Waals surface area contributed by atoms with Crippen LogP contribution in [0.3, 0.4) is 0 Å². The van der Waals surface area contributed by atoms with Crippen LogP contribution in [-0.4, -0.2) is 62.2 Å². The van der Waals surface area contributed by atoms with Gasteiger partial charge >= 0.3 is 0 Å². The normalized spacial score (nSPS) is 14.4. The van der Waals surface area contributed by atoms with Gasteiger partial charge in [0.2, 0.25) is 11.7 Å². The van der Waals surface area contributed by atoms with Crippen molar-refractivity contribution in [3.63, 3.8) is 0 Å². The molecule has 1 fully saturated rings. The maximum Gasteiger partial charge on any atom is 0.246 e. The number of nitrogens with zero attached hydrogens (tertiary/aromatic N) is 7. The summed E-state index contributed by atoms with van der Waals surface area (Å²) in [5.74, 6) is 0.458. The van der Waals surface area contributed by atoms with Gasteiger partial charge in [-0.15, -0.1) is 10.2 Å². The Kier molecular flexibility index (Phi) is 5.06. The first-order chi connectivity index (χ1) is 14.7. The van der Waals surface area contributed by atoms with Crippen LogP contribution in [0.2, 0.25) is 5.02 Å². The fourth-order valence-corrected chi connectivity index (χ4v) is 4.53. The summed E-state index contributed by atoms with van der Waals surface area (Å²) in [6.07, 6.45) is 0. The number of amides is 1. The zero-order chi connectivity index (χ0) is 20.5. The summed E-state index contributed by atoms with van der Waals surface area (Å²) >= 11 is 7.60. The third-order valence-electron chi connectivity index (χ3n) is 5.02. The van der Waals surface area contributed by atoms with Gasteiger partial charge in [-0.25, -0.2) is 4.98 Å². The number of thiazole rings is 1. The number of aromatic nitrogens is 5. The van der Waals surface area contributed by atoms with Crippen LogP contribution < -0.4 is 4.90 Å². The van der Waals surface area contributed by atoms with Crippen molar-refractivity contribution < 1.29 is 4.79 Å². The molecule has 0 saturated carbocycles. The molecule has 0 aliphatic carbocycles. The minimum Gasteiger partial charge on any atom is -0.345 e. The van der Waals surface area contributed by atoms with Crippen LogP contribution in [-0.2, 0) is 11.3 Å². The summed E-state index contributed by atoms with van der Waals surface area (Å²) in [4.78, 5) is 22.8. The molecule has 1 saturated heterocycles. The Balaban J connectivity index is 1.19. The Morgan fingerprint density at radius 1 is 1.03 bits per heavy atom. The summed E-state index contributed by atoms with van der Waals surface area (Å²) in [7, 11) is 0. The second-order valence-electron chi connectivity index (χ2n) is 6.98. The maximum atomic E-state index is 12.7. The second kappa shape index (κ2) is 8.00. The average molecular weight is 440 g/mol. The summed E-state index contributed by atoms with van der Waals surface area (Å²) in [6.45, 7) is 2.88. The minimum atomic E-state index is -0.0148. The van der Waals surface area contributed by atoms with Crippen molar-refractivity contribution in [1.29, 1.82) is 0 Å². The summed E-state index contributed by atoms with van der Waals surface area (Å²) in [5.41, 5.74) is 1.83. The number of rotatable bonds is 4. The molecule has 5 rings (SSSR count). The van der Waals surface area contributed by atoms with Gasteiger partial charge in [0.1, 0.15) is 6.54 Å². The predicted molar refractivity (Wildman–Crippen MR) is 117 cm³/mol. The molecule has 0 radical (unpaired) electrons. The Morgan fingerprint density at radius 2 is 1.80 bits per heavy atom. The summed E-state index contributed by atoms with van der Waals surface area (Å²) < 4.78 is 1.18. The minimum absolute atomic E-state index is 0.0148. The third-order valence-corrected chi connectivity index (χ3v) is 6.37. The Morgan fingerprint density at radius 3 is 2.57 bits per heavy atom. The molecule has 4 aromatic rings. The van der Waals surface area contributed by atoms with E-state index in [1.54, 1.807) is 23.5 Å². The SMILES string of the molecule is O=C(Cn1nnc(-c2ccc(Cl)cc2)n1)N1CCN(c2nc3ccccc3s2)CC1. The van der Waals surface area contributed by atoms with Gasteiger partial charge in [-0.3, -0.25) is 4.79 Å². The molecule has 30 heavy (non-hydrogen) atoms. The molecule has 0 unspecified atom stereocenters. The Labute approximate surface area is 181 Å². The number of hydrogen-bond donors (Lipinski definition) is 0. The lowest BCUT2D eigenvalue weighted by atomic mass is 10.2. The molecule has 1 amide bonds. The average Bonchev–Trinajstić information content (AvgIpc) is 3.41. The number of hydrogen-bond acceptors (Lipinski definition) is 7. The lowest BCUT2D eigenvalue weighted by Gasteiger charge is -2.34. The molecule has 3 heterocycles. The fourth-order valence-electron chi connectivity index (χ4n) is 3.39. The first-order valence-corrected chi connectivity index (χ1v) is 10.8. The number of benzene rings is 2. The first kappa shape index (κ1) is 19.0. The van der Waals surface area contributed by atoms with Crippen LogP contribution in [0.15, 0.2) is 48.5 Å². The molecule has 10 heteroatoms. The number of piperazine rings is 1. The standard InChI is InChI=1S/C20H18ClN7OS/c21-15-7-5-14(6-8-15)19-23-25-28(24-19)13-18(29)26-9-11-27(12-10-26)20-22-16-3-1-2-4-17(16)30-20/h1-8H,9-13H2. The van der Waals surface area contributed by atoms with Gasteiger partial charge in [-0.1, -0.05) is 35.1 Å². The molecule has 0 spiro atoms. The van der Waals surface area contributed by atoms with Crippen molar-refractivity contribution >= 4 is 44.2 Å². The monoisotopic (exact) mass is 439 g/mol. The van der Waals surface area contributed by atoms with Gasteiger partial charge < -0.3 is 9.80 Å². The predicted octanol–water partition coefficient (Wildman–Crippen LogP) is 2.95. The number of para-hydroxylation sites is 1. The molecule has 0 N–H and O–H groups in total. The van der Waals surface area contributed by atoms with Crippen molar-refractivity contribution in [3.05, 3.63) is 53.6 Å².